The fourth-order valence-corrected chi connectivity index (χ4v) is 3.50. The minimum Gasteiger partial charge on any atom is -0.496 e. The normalized spacial score (nSPS) is 16.4. The Bertz CT molecular complexity index is 707. The standard InChI is InChI=1S/C18H24N4OS/c1-6-9-17-22(4)21-18(24-17)20-15(8-3)13-11-16(23-5)12(7-2)10-14(13)19/h6,10-11,17H,1,3,7,9,19H2,2,4-5H3,(H,20,21). The Balaban J connectivity index is 2.26. The summed E-state index contributed by atoms with van der Waals surface area (Å²) in [4.78, 5) is 0. The van der Waals surface area contributed by atoms with Crippen molar-refractivity contribution in [3.05, 3.63) is 48.2 Å². The maximum absolute atomic E-state index is 6.22. The number of benzene rings is 1. The number of hydrogen-bond acceptors (Lipinski definition) is 6. The predicted molar refractivity (Wildman–Crippen MR) is 104 cm³/mol. The highest BCUT2D eigenvalue weighted by atomic mass is 32.2. The first kappa shape index (κ1) is 18.0. The zero-order valence-corrected chi connectivity index (χ0v) is 15.2. The van der Waals surface area contributed by atoms with Crippen molar-refractivity contribution in [2.24, 2.45) is 5.10 Å². The van der Waals surface area contributed by atoms with Gasteiger partial charge in [-0.25, -0.2) is 0 Å². The van der Waals surface area contributed by atoms with Crippen LogP contribution in [0.2, 0.25) is 0 Å². The molecule has 0 aromatic heterocycles. The van der Waals surface area contributed by atoms with Crippen LogP contribution < -0.4 is 15.8 Å². The smallest absolute Gasteiger partial charge is 0.187 e. The molecule has 0 radical (unpaired) electrons. The van der Waals surface area contributed by atoms with Crippen molar-refractivity contribution in [3.63, 3.8) is 0 Å². The number of ether oxygens (including phenoxy) is 1. The molecule has 128 valence electrons. The van der Waals surface area contributed by atoms with E-state index in [1.165, 1.54) is 0 Å². The number of hydrogen-bond donors (Lipinski definition) is 2. The van der Waals surface area contributed by atoms with E-state index in [1.807, 2.05) is 30.3 Å². The lowest BCUT2D eigenvalue weighted by Crippen LogP contribution is -2.19. The van der Waals surface area contributed by atoms with Gasteiger partial charge in [-0.3, -0.25) is 5.01 Å². The fourth-order valence-electron chi connectivity index (χ4n) is 2.47. The van der Waals surface area contributed by atoms with Crippen LogP contribution in [0.5, 0.6) is 5.75 Å². The number of aryl methyl sites for hydroxylation is 1. The van der Waals surface area contributed by atoms with E-state index < -0.39 is 0 Å². The molecule has 1 heterocycles. The summed E-state index contributed by atoms with van der Waals surface area (Å²) >= 11 is 1.64. The van der Waals surface area contributed by atoms with Crippen LogP contribution in [-0.4, -0.2) is 29.7 Å². The molecule has 0 fully saturated rings. The Labute approximate surface area is 147 Å². The van der Waals surface area contributed by atoms with Gasteiger partial charge in [-0.1, -0.05) is 31.3 Å². The molecule has 0 saturated carbocycles. The van der Waals surface area contributed by atoms with Crippen molar-refractivity contribution in [1.82, 2.24) is 10.3 Å². The molecule has 0 saturated heterocycles. The molecule has 5 nitrogen and oxygen atoms in total. The van der Waals surface area contributed by atoms with E-state index in [-0.39, 0.29) is 5.37 Å². The Morgan fingerprint density at radius 3 is 2.92 bits per heavy atom. The van der Waals surface area contributed by atoms with Crippen LogP contribution >= 0.6 is 11.8 Å². The quantitative estimate of drug-likeness (QED) is 0.470. The third-order valence-electron chi connectivity index (χ3n) is 3.79. The number of anilines is 1. The highest BCUT2D eigenvalue weighted by Gasteiger charge is 2.24. The maximum atomic E-state index is 6.22. The molecule has 1 aromatic carbocycles. The van der Waals surface area contributed by atoms with Gasteiger partial charge in [0.25, 0.3) is 0 Å². The molecule has 1 aliphatic rings. The lowest BCUT2D eigenvalue weighted by Gasteiger charge is -2.15. The van der Waals surface area contributed by atoms with Crippen LogP contribution in [0.15, 0.2) is 42.2 Å². The van der Waals surface area contributed by atoms with Crippen LogP contribution in [0.25, 0.3) is 5.70 Å². The van der Waals surface area contributed by atoms with Gasteiger partial charge in [-0.15, -0.1) is 12.3 Å². The third kappa shape index (κ3) is 3.78. The second-order valence-electron chi connectivity index (χ2n) is 5.36. The maximum Gasteiger partial charge on any atom is 0.187 e. The van der Waals surface area contributed by atoms with Gasteiger partial charge in [-0.05, 0) is 30.5 Å². The first-order chi connectivity index (χ1) is 11.5. The minimum atomic E-state index is 0.241. The van der Waals surface area contributed by atoms with Crippen molar-refractivity contribution < 1.29 is 4.74 Å². The van der Waals surface area contributed by atoms with E-state index >= 15 is 0 Å². The Morgan fingerprint density at radius 1 is 1.58 bits per heavy atom. The predicted octanol–water partition coefficient (Wildman–Crippen LogP) is 3.41. The molecule has 1 unspecified atom stereocenters. The van der Waals surface area contributed by atoms with E-state index in [4.69, 9.17) is 10.5 Å². The second-order valence-corrected chi connectivity index (χ2v) is 6.52. The lowest BCUT2D eigenvalue weighted by atomic mass is 10.0. The van der Waals surface area contributed by atoms with Gasteiger partial charge >= 0.3 is 0 Å². The highest BCUT2D eigenvalue weighted by Crippen LogP contribution is 2.31. The molecule has 0 spiro atoms. The summed E-state index contributed by atoms with van der Waals surface area (Å²) in [6.07, 6.45) is 3.60. The van der Waals surface area contributed by atoms with E-state index in [2.05, 4.69) is 36.2 Å². The van der Waals surface area contributed by atoms with Crippen LogP contribution in [0, 0.1) is 0 Å². The number of nitrogens with two attached hydrogens (primary N) is 1. The number of nitrogens with one attached hydrogen (secondary N) is 1. The molecule has 1 aliphatic heterocycles. The topological polar surface area (TPSA) is 62.9 Å². The average molecular weight is 344 g/mol. The minimum absolute atomic E-state index is 0.241. The number of nitrogens with zero attached hydrogens (tertiary/aromatic N) is 2. The number of amidine groups is 1. The third-order valence-corrected chi connectivity index (χ3v) is 4.97. The highest BCUT2D eigenvalue weighted by molar-refractivity contribution is 8.14. The van der Waals surface area contributed by atoms with E-state index in [0.717, 1.165) is 34.9 Å². The van der Waals surface area contributed by atoms with Crippen molar-refractivity contribution in [2.75, 3.05) is 19.9 Å². The van der Waals surface area contributed by atoms with Gasteiger partial charge in [0, 0.05) is 18.3 Å². The van der Waals surface area contributed by atoms with Crippen LogP contribution in [0.3, 0.4) is 0 Å². The van der Waals surface area contributed by atoms with Gasteiger partial charge in [-0.2, -0.15) is 5.10 Å². The molecule has 0 amide bonds. The number of thioether (sulfide) groups is 1. The van der Waals surface area contributed by atoms with Crippen molar-refractivity contribution >= 4 is 28.3 Å². The number of methoxy groups -OCH3 is 1. The molecular formula is C18H24N4OS. The molecule has 3 N–H and O–H groups in total. The molecule has 24 heavy (non-hydrogen) atoms. The zero-order chi connectivity index (χ0) is 17.7. The monoisotopic (exact) mass is 344 g/mol. The number of nitrogen functional groups attached to an aromatic ring is 1. The largest absolute Gasteiger partial charge is 0.496 e. The van der Waals surface area contributed by atoms with E-state index in [1.54, 1.807) is 18.9 Å². The summed E-state index contributed by atoms with van der Waals surface area (Å²) in [5.41, 5.74) is 12.4. The van der Waals surface area contributed by atoms with Crippen LogP contribution in [0.1, 0.15) is 24.5 Å². The van der Waals surface area contributed by atoms with Crippen molar-refractivity contribution in [2.45, 2.75) is 25.1 Å². The van der Waals surface area contributed by atoms with Crippen molar-refractivity contribution in [3.8, 4) is 5.75 Å². The summed E-state index contributed by atoms with van der Waals surface area (Å²) in [6, 6.07) is 3.85. The summed E-state index contributed by atoms with van der Waals surface area (Å²) in [5, 5.41) is 10.7. The lowest BCUT2D eigenvalue weighted by molar-refractivity contribution is 0.342. The zero-order valence-electron chi connectivity index (χ0n) is 14.4. The van der Waals surface area contributed by atoms with E-state index in [9.17, 15) is 0 Å². The summed E-state index contributed by atoms with van der Waals surface area (Å²) < 4.78 is 5.46. The molecule has 0 bridgehead atoms. The average Bonchev–Trinajstić information content (AvgIpc) is 2.92. The summed E-state index contributed by atoms with van der Waals surface area (Å²) in [5.74, 6) is 0.805. The summed E-state index contributed by atoms with van der Waals surface area (Å²) in [7, 11) is 3.60. The SMILES string of the molecule is C=C=C(NC1=NN(C)C(CC=C)S1)c1cc(OC)c(CC)cc1N. The Kier molecular flexibility index (Phi) is 6.01. The van der Waals surface area contributed by atoms with Gasteiger partial charge in [0.1, 0.15) is 11.1 Å². The van der Waals surface area contributed by atoms with Gasteiger partial charge in [0.05, 0.1) is 12.8 Å². The Hall–Kier alpha value is -2.30. The molecule has 1 atom stereocenters. The summed E-state index contributed by atoms with van der Waals surface area (Å²) in [6.45, 7) is 9.63. The Morgan fingerprint density at radius 2 is 2.33 bits per heavy atom. The molecule has 2 rings (SSSR count). The van der Waals surface area contributed by atoms with Gasteiger partial charge < -0.3 is 15.8 Å². The van der Waals surface area contributed by atoms with E-state index in [0.29, 0.717) is 11.4 Å². The van der Waals surface area contributed by atoms with Gasteiger partial charge in [0.15, 0.2) is 5.17 Å². The molecular weight excluding hydrogens is 320 g/mol. The second kappa shape index (κ2) is 7.99. The fraction of sp³-hybridized carbons (Fsp3) is 0.333. The van der Waals surface area contributed by atoms with Crippen LogP contribution in [0.4, 0.5) is 5.69 Å². The first-order valence-electron chi connectivity index (χ1n) is 7.76. The van der Waals surface area contributed by atoms with Crippen LogP contribution in [-0.2, 0) is 6.42 Å². The van der Waals surface area contributed by atoms with Crippen molar-refractivity contribution in [1.29, 1.82) is 0 Å². The molecule has 6 heteroatoms. The first-order valence-corrected chi connectivity index (χ1v) is 8.64. The number of rotatable bonds is 6. The molecule has 0 aliphatic carbocycles. The van der Waals surface area contributed by atoms with Gasteiger partial charge in [0.2, 0.25) is 0 Å². The molecule has 1 aromatic rings. The number of hydrazone groups is 1.